The molecule has 28 heavy (non-hydrogen) atoms. The topological polar surface area (TPSA) is 72.3 Å². The third-order valence-corrected chi connectivity index (χ3v) is 5.73. The summed E-state index contributed by atoms with van der Waals surface area (Å²) in [6, 6.07) is 7.21. The van der Waals surface area contributed by atoms with E-state index in [-0.39, 0.29) is 11.2 Å². The van der Waals surface area contributed by atoms with Crippen LogP contribution in [-0.2, 0) is 16.1 Å². The highest BCUT2D eigenvalue weighted by Gasteiger charge is 2.24. The lowest BCUT2D eigenvalue weighted by Crippen LogP contribution is -2.38. The zero-order chi connectivity index (χ0) is 20.1. The summed E-state index contributed by atoms with van der Waals surface area (Å²) < 4.78 is 7.55. The van der Waals surface area contributed by atoms with Crippen LogP contribution in [0.3, 0.4) is 0 Å². The van der Waals surface area contributed by atoms with Crippen LogP contribution in [0.2, 0.25) is 5.02 Å². The van der Waals surface area contributed by atoms with E-state index in [1.54, 1.807) is 12.1 Å². The third kappa shape index (κ3) is 5.18. The number of morpholine rings is 1. The van der Waals surface area contributed by atoms with Gasteiger partial charge in [-0.2, -0.15) is 0 Å². The summed E-state index contributed by atoms with van der Waals surface area (Å²) in [5.41, 5.74) is 0.610. The molecule has 1 N–H and O–H groups in total. The molecule has 9 heteroatoms. The van der Waals surface area contributed by atoms with Gasteiger partial charge >= 0.3 is 0 Å². The predicted molar refractivity (Wildman–Crippen MR) is 113 cm³/mol. The Morgan fingerprint density at radius 1 is 1.25 bits per heavy atom. The van der Waals surface area contributed by atoms with Gasteiger partial charge in [0, 0.05) is 19.6 Å². The number of aromatic nitrogens is 3. The van der Waals surface area contributed by atoms with Gasteiger partial charge in [0.2, 0.25) is 11.9 Å². The number of halogens is 1. The fourth-order valence-corrected chi connectivity index (χ4v) is 3.94. The maximum Gasteiger partial charge on any atom is 0.237 e. The molecule has 7 nitrogen and oxygen atoms in total. The molecule has 1 amide bonds. The van der Waals surface area contributed by atoms with Gasteiger partial charge in [0.05, 0.1) is 29.2 Å². The molecule has 1 aliphatic heterocycles. The molecule has 152 valence electrons. The van der Waals surface area contributed by atoms with Crippen LogP contribution in [0.5, 0.6) is 0 Å². The van der Waals surface area contributed by atoms with E-state index in [0.717, 1.165) is 30.7 Å². The van der Waals surface area contributed by atoms with E-state index in [1.165, 1.54) is 11.8 Å². The van der Waals surface area contributed by atoms with Crippen molar-refractivity contribution in [1.82, 2.24) is 14.8 Å². The number of hydrogen-bond acceptors (Lipinski definition) is 6. The van der Waals surface area contributed by atoms with Crippen molar-refractivity contribution in [1.29, 1.82) is 0 Å². The molecule has 0 bridgehead atoms. The lowest BCUT2D eigenvalue weighted by molar-refractivity contribution is -0.115. The van der Waals surface area contributed by atoms with Crippen molar-refractivity contribution in [2.75, 3.05) is 36.5 Å². The number of ether oxygens (including phenoxy) is 1. The molecule has 1 fully saturated rings. The number of amides is 1. The van der Waals surface area contributed by atoms with Gasteiger partial charge < -0.3 is 15.0 Å². The molecule has 1 unspecified atom stereocenters. The SMILES string of the molecule is CC(C)Cn1c(SC(C)C(=O)Nc2ccccc2Cl)nnc1N1CCOCC1. The van der Waals surface area contributed by atoms with Crippen molar-refractivity contribution >= 4 is 40.9 Å². The average Bonchev–Trinajstić information content (AvgIpc) is 3.06. The van der Waals surface area contributed by atoms with E-state index in [4.69, 9.17) is 16.3 Å². The van der Waals surface area contributed by atoms with Gasteiger partial charge in [0.25, 0.3) is 0 Å². The number of hydrogen-bond donors (Lipinski definition) is 1. The van der Waals surface area contributed by atoms with Crippen LogP contribution in [0.25, 0.3) is 0 Å². The van der Waals surface area contributed by atoms with Gasteiger partial charge in [0.1, 0.15) is 0 Å². The molecule has 2 aromatic rings. The Hall–Kier alpha value is -1.77. The second-order valence-electron chi connectivity index (χ2n) is 7.12. The summed E-state index contributed by atoms with van der Waals surface area (Å²) in [5.74, 6) is 1.16. The molecule has 1 aliphatic rings. The first-order chi connectivity index (χ1) is 13.5. The Kier molecular flexibility index (Phi) is 7.20. The average molecular weight is 424 g/mol. The van der Waals surface area contributed by atoms with E-state index in [1.807, 2.05) is 19.1 Å². The van der Waals surface area contributed by atoms with Crippen molar-refractivity contribution < 1.29 is 9.53 Å². The number of nitrogens with one attached hydrogen (secondary N) is 1. The second kappa shape index (κ2) is 9.62. The Labute approximate surface area is 174 Å². The van der Waals surface area contributed by atoms with Crippen LogP contribution < -0.4 is 10.2 Å². The quantitative estimate of drug-likeness (QED) is 0.686. The number of para-hydroxylation sites is 1. The standard InChI is InChI=1S/C19H26ClN5O2S/c1-13(2)12-25-18(24-8-10-27-11-9-24)22-23-19(25)28-14(3)17(26)21-16-7-5-4-6-15(16)20/h4-7,13-14H,8-12H2,1-3H3,(H,21,26). The Bertz CT molecular complexity index is 807. The lowest BCUT2D eigenvalue weighted by Gasteiger charge is -2.28. The molecule has 3 rings (SSSR count). The first-order valence-electron chi connectivity index (χ1n) is 9.43. The van der Waals surface area contributed by atoms with E-state index in [0.29, 0.717) is 29.8 Å². The van der Waals surface area contributed by atoms with Gasteiger partial charge in [-0.05, 0) is 25.0 Å². The summed E-state index contributed by atoms with van der Waals surface area (Å²) >= 11 is 7.55. The molecular formula is C19H26ClN5O2S. The number of carbonyl (C=O) groups excluding carboxylic acids is 1. The van der Waals surface area contributed by atoms with Crippen LogP contribution >= 0.6 is 23.4 Å². The van der Waals surface area contributed by atoms with Gasteiger partial charge in [-0.3, -0.25) is 9.36 Å². The minimum absolute atomic E-state index is 0.120. The summed E-state index contributed by atoms with van der Waals surface area (Å²) in [6.07, 6.45) is 0. The Morgan fingerprint density at radius 2 is 1.96 bits per heavy atom. The van der Waals surface area contributed by atoms with Crippen LogP contribution in [0.15, 0.2) is 29.4 Å². The van der Waals surface area contributed by atoms with E-state index >= 15 is 0 Å². The summed E-state index contributed by atoms with van der Waals surface area (Å²) in [7, 11) is 0. The van der Waals surface area contributed by atoms with Crippen molar-refractivity contribution in [3.05, 3.63) is 29.3 Å². The summed E-state index contributed by atoms with van der Waals surface area (Å²) in [5, 5.41) is 12.6. The number of rotatable bonds is 7. The number of benzene rings is 1. The highest BCUT2D eigenvalue weighted by Crippen LogP contribution is 2.28. The largest absolute Gasteiger partial charge is 0.378 e. The fraction of sp³-hybridized carbons (Fsp3) is 0.526. The highest BCUT2D eigenvalue weighted by molar-refractivity contribution is 8.00. The first-order valence-corrected chi connectivity index (χ1v) is 10.7. The molecule has 0 spiro atoms. The summed E-state index contributed by atoms with van der Waals surface area (Å²) in [4.78, 5) is 14.8. The summed E-state index contributed by atoms with van der Waals surface area (Å²) in [6.45, 7) is 9.94. The van der Waals surface area contributed by atoms with E-state index < -0.39 is 0 Å². The first kappa shape index (κ1) is 21.0. The number of nitrogens with zero attached hydrogens (tertiary/aromatic N) is 4. The molecule has 0 aliphatic carbocycles. The molecular weight excluding hydrogens is 398 g/mol. The van der Waals surface area contributed by atoms with Crippen molar-refractivity contribution in [3.63, 3.8) is 0 Å². The van der Waals surface area contributed by atoms with Crippen LogP contribution in [0.1, 0.15) is 20.8 Å². The molecule has 0 radical (unpaired) electrons. The maximum absolute atomic E-state index is 12.6. The number of anilines is 2. The molecule has 1 aromatic heterocycles. The second-order valence-corrected chi connectivity index (χ2v) is 8.83. The predicted octanol–water partition coefficient (Wildman–Crippen LogP) is 3.54. The maximum atomic E-state index is 12.6. The number of thioether (sulfide) groups is 1. The third-order valence-electron chi connectivity index (χ3n) is 4.32. The zero-order valence-electron chi connectivity index (χ0n) is 16.4. The van der Waals surface area contributed by atoms with E-state index in [2.05, 4.69) is 38.8 Å². The lowest BCUT2D eigenvalue weighted by atomic mass is 10.2. The molecule has 1 saturated heterocycles. The van der Waals surface area contributed by atoms with Crippen molar-refractivity contribution in [2.45, 2.75) is 37.7 Å². The molecule has 1 aromatic carbocycles. The molecule has 1 atom stereocenters. The van der Waals surface area contributed by atoms with Gasteiger partial charge in [-0.1, -0.05) is 49.3 Å². The highest BCUT2D eigenvalue weighted by atomic mass is 35.5. The normalized spacial score (nSPS) is 15.7. The van der Waals surface area contributed by atoms with Gasteiger partial charge in [0.15, 0.2) is 5.16 Å². The minimum atomic E-state index is -0.344. The van der Waals surface area contributed by atoms with Gasteiger partial charge in [-0.25, -0.2) is 0 Å². The zero-order valence-corrected chi connectivity index (χ0v) is 18.0. The molecule has 2 heterocycles. The van der Waals surface area contributed by atoms with Gasteiger partial charge in [-0.15, -0.1) is 10.2 Å². The smallest absolute Gasteiger partial charge is 0.237 e. The molecule has 0 saturated carbocycles. The monoisotopic (exact) mass is 423 g/mol. The fourth-order valence-electron chi connectivity index (χ4n) is 2.90. The van der Waals surface area contributed by atoms with Crippen LogP contribution in [0, 0.1) is 5.92 Å². The Morgan fingerprint density at radius 3 is 2.64 bits per heavy atom. The van der Waals surface area contributed by atoms with E-state index in [9.17, 15) is 4.79 Å². The Balaban J connectivity index is 1.74. The van der Waals surface area contributed by atoms with Crippen LogP contribution in [-0.4, -0.2) is 52.2 Å². The van der Waals surface area contributed by atoms with Crippen molar-refractivity contribution in [2.24, 2.45) is 5.92 Å². The van der Waals surface area contributed by atoms with Crippen LogP contribution in [0.4, 0.5) is 11.6 Å². The number of carbonyl (C=O) groups is 1. The van der Waals surface area contributed by atoms with Crippen molar-refractivity contribution in [3.8, 4) is 0 Å². The minimum Gasteiger partial charge on any atom is -0.378 e.